The minimum atomic E-state index is -1.12. The summed E-state index contributed by atoms with van der Waals surface area (Å²) in [4.78, 5) is 15.7. The highest BCUT2D eigenvalue weighted by Crippen LogP contribution is 2.13. The van der Waals surface area contributed by atoms with E-state index in [-0.39, 0.29) is 5.56 Å². The third kappa shape index (κ3) is 2.95. The number of carbonyl (C=O) groups is 1. The molecule has 0 aliphatic carbocycles. The molecule has 1 amide bonds. The average Bonchev–Trinajstić information content (AvgIpc) is 2.48. The fraction of sp³-hybridized carbons (Fsp3) is 0.0714. The van der Waals surface area contributed by atoms with E-state index in [4.69, 9.17) is 5.26 Å². The summed E-state index contributed by atoms with van der Waals surface area (Å²) in [6.45, 7) is 0. The van der Waals surface area contributed by atoms with Crippen LogP contribution in [-0.2, 0) is 0 Å². The minimum Gasteiger partial charge on any atom is -0.332 e. The van der Waals surface area contributed by atoms with Gasteiger partial charge in [-0.2, -0.15) is 5.26 Å². The molecule has 1 unspecified atom stereocenters. The number of aromatic nitrogens is 1. The highest BCUT2D eigenvalue weighted by Gasteiger charge is 2.16. The van der Waals surface area contributed by atoms with Crippen molar-refractivity contribution in [2.45, 2.75) is 6.04 Å². The predicted molar refractivity (Wildman–Crippen MR) is 66.4 cm³/mol. The van der Waals surface area contributed by atoms with Crippen molar-refractivity contribution < 1.29 is 13.6 Å². The number of nitrogens with one attached hydrogen (secondary N) is 1. The van der Waals surface area contributed by atoms with Crippen LogP contribution >= 0.6 is 0 Å². The molecular weight excluding hydrogens is 264 g/mol. The fourth-order valence-corrected chi connectivity index (χ4v) is 1.60. The van der Waals surface area contributed by atoms with Crippen molar-refractivity contribution in [1.82, 2.24) is 10.3 Å². The first-order valence-electron chi connectivity index (χ1n) is 5.67. The van der Waals surface area contributed by atoms with Crippen molar-refractivity contribution in [3.05, 3.63) is 65.5 Å². The average molecular weight is 273 g/mol. The number of hydrogen-bond acceptors (Lipinski definition) is 3. The molecule has 1 atom stereocenters. The number of benzene rings is 1. The van der Waals surface area contributed by atoms with Gasteiger partial charge in [0.2, 0.25) is 0 Å². The number of halogens is 2. The van der Waals surface area contributed by atoms with Gasteiger partial charge in [-0.3, -0.25) is 9.78 Å². The molecule has 2 aromatic rings. The number of hydrogen-bond donors (Lipinski definition) is 1. The van der Waals surface area contributed by atoms with E-state index in [1.807, 2.05) is 6.07 Å². The van der Waals surface area contributed by atoms with E-state index >= 15 is 0 Å². The predicted octanol–water partition coefficient (Wildman–Crippen LogP) is 2.35. The summed E-state index contributed by atoms with van der Waals surface area (Å²) in [5.74, 6) is -2.81. The molecular formula is C14H9F2N3O. The normalized spacial score (nSPS) is 11.4. The topological polar surface area (TPSA) is 65.8 Å². The van der Waals surface area contributed by atoms with Gasteiger partial charge in [0, 0.05) is 18.0 Å². The highest BCUT2D eigenvalue weighted by molar-refractivity contribution is 5.94. The van der Waals surface area contributed by atoms with E-state index in [0.29, 0.717) is 5.56 Å². The lowest BCUT2D eigenvalue weighted by molar-refractivity contribution is 0.0944. The van der Waals surface area contributed by atoms with Gasteiger partial charge in [0.25, 0.3) is 5.91 Å². The Morgan fingerprint density at radius 3 is 2.50 bits per heavy atom. The first kappa shape index (κ1) is 13.6. The van der Waals surface area contributed by atoms with Crippen LogP contribution in [-0.4, -0.2) is 10.9 Å². The monoisotopic (exact) mass is 273 g/mol. The Bertz CT molecular complexity index is 668. The van der Waals surface area contributed by atoms with Crippen LogP contribution in [0.5, 0.6) is 0 Å². The van der Waals surface area contributed by atoms with Crippen LogP contribution in [0.2, 0.25) is 0 Å². The largest absolute Gasteiger partial charge is 0.332 e. The lowest BCUT2D eigenvalue weighted by Gasteiger charge is -2.11. The van der Waals surface area contributed by atoms with Gasteiger partial charge in [-0.05, 0) is 35.9 Å². The van der Waals surface area contributed by atoms with Crippen LogP contribution in [0.15, 0.2) is 42.7 Å². The molecule has 0 fully saturated rings. The summed E-state index contributed by atoms with van der Waals surface area (Å²) < 4.78 is 25.8. The maximum atomic E-state index is 13.1. The van der Waals surface area contributed by atoms with Gasteiger partial charge in [0.05, 0.1) is 6.07 Å². The Kier molecular flexibility index (Phi) is 4.01. The van der Waals surface area contributed by atoms with E-state index < -0.39 is 23.6 Å². The highest BCUT2D eigenvalue weighted by atomic mass is 19.2. The zero-order valence-corrected chi connectivity index (χ0v) is 10.2. The van der Waals surface area contributed by atoms with Crippen LogP contribution in [0.3, 0.4) is 0 Å². The maximum Gasteiger partial charge on any atom is 0.252 e. The van der Waals surface area contributed by atoms with Gasteiger partial charge in [0.15, 0.2) is 11.6 Å². The molecule has 0 radical (unpaired) electrons. The summed E-state index contributed by atoms with van der Waals surface area (Å²) >= 11 is 0. The summed E-state index contributed by atoms with van der Waals surface area (Å²) in [6.07, 6.45) is 2.98. The molecule has 0 saturated heterocycles. The Morgan fingerprint density at radius 1 is 1.20 bits per heavy atom. The molecule has 1 N–H and O–H groups in total. The molecule has 20 heavy (non-hydrogen) atoms. The number of amides is 1. The SMILES string of the molecule is N#CC(NC(=O)c1ccc(F)c(F)c1)c1ccncc1. The van der Waals surface area contributed by atoms with Crippen LogP contribution in [0, 0.1) is 23.0 Å². The lowest BCUT2D eigenvalue weighted by atomic mass is 10.1. The third-order valence-electron chi connectivity index (χ3n) is 2.63. The van der Waals surface area contributed by atoms with E-state index in [2.05, 4.69) is 10.3 Å². The molecule has 100 valence electrons. The Balaban J connectivity index is 2.18. The van der Waals surface area contributed by atoms with Gasteiger partial charge in [-0.1, -0.05) is 0 Å². The van der Waals surface area contributed by atoms with Crippen molar-refractivity contribution in [3.63, 3.8) is 0 Å². The Morgan fingerprint density at radius 2 is 1.90 bits per heavy atom. The second-order valence-electron chi connectivity index (χ2n) is 3.95. The standard InChI is InChI=1S/C14H9F2N3O/c15-11-2-1-10(7-12(11)16)14(20)19-13(8-17)9-3-5-18-6-4-9/h1-7,13H,(H,19,20). The molecule has 1 aromatic heterocycles. The second-order valence-corrected chi connectivity index (χ2v) is 3.95. The van der Waals surface area contributed by atoms with E-state index in [1.165, 1.54) is 12.4 Å². The molecule has 1 heterocycles. The van der Waals surface area contributed by atoms with Crippen molar-refractivity contribution >= 4 is 5.91 Å². The molecule has 0 spiro atoms. The third-order valence-corrected chi connectivity index (χ3v) is 2.63. The molecule has 2 rings (SSSR count). The molecule has 1 aromatic carbocycles. The number of nitrogens with zero attached hydrogens (tertiary/aromatic N) is 2. The quantitative estimate of drug-likeness (QED) is 0.933. The van der Waals surface area contributed by atoms with Gasteiger partial charge in [0.1, 0.15) is 6.04 Å². The smallest absolute Gasteiger partial charge is 0.252 e. The van der Waals surface area contributed by atoms with Gasteiger partial charge < -0.3 is 5.32 Å². The number of carbonyl (C=O) groups excluding carboxylic acids is 1. The number of nitriles is 1. The fourth-order valence-electron chi connectivity index (χ4n) is 1.60. The van der Waals surface area contributed by atoms with Crippen molar-refractivity contribution in [2.75, 3.05) is 0 Å². The summed E-state index contributed by atoms with van der Waals surface area (Å²) in [6, 6.07) is 6.98. The first-order valence-corrected chi connectivity index (χ1v) is 5.67. The van der Waals surface area contributed by atoms with Crippen molar-refractivity contribution in [3.8, 4) is 6.07 Å². The molecule has 6 heteroatoms. The molecule has 0 saturated carbocycles. The zero-order valence-electron chi connectivity index (χ0n) is 10.2. The zero-order chi connectivity index (χ0) is 14.5. The molecule has 0 aliphatic heterocycles. The maximum absolute atomic E-state index is 13.1. The summed E-state index contributed by atoms with van der Waals surface area (Å²) in [5, 5.41) is 11.5. The first-order chi connectivity index (χ1) is 9.61. The summed E-state index contributed by atoms with van der Waals surface area (Å²) in [5.41, 5.74) is 0.497. The van der Waals surface area contributed by atoms with E-state index in [9.17, 15) is 13.6 Å². The Labute approximate surface area is 113 Å². The molecule has 0 bridgehead atoms. The van der Waals surface area contributed by atoms with Crippen LogP contribution in [0.25, 0.3) is 0 Å². The van der Waals surface area contributed by atoms with Gasteiger partial charge >= 0.3 is 0 Å². The number of rotatable bonds is 3. The minimum absolute atomic E-state index is 0.0572. The number of pyridine rings is 1. The van der Waals surface area contributed by atoms with Crippen LogP contribution in [0.4, 0.5) is 8.78 Å². The lowest BCUT2D eigenvalue weighted by Crippen LogP contribution is -2.27. The van der Waals surface area contributed by atoms with Crippen molar-refractivity contribution in [2.24, 2.45) is 0 Å². The van der Waals surface area contributed by atoms with Crippen molar-refractivity contribution in [1.29, 1.82) is 5.26 Å². The molecule has 4 nitrogen and oxygen atoms in total. The van der Waals surface area contributed by atoms with Crippen LogP contribution in [0.1, 0.15) is 22.0 Å². The summed E-state index contributed by atoms with van der Waals surface area (Å²) in [7, 11) is 0. The van der Waals surface area contributed by atoms with Crippen LogP contribution < -0.4 is 5.32 Å². The van der Waals surface area contributed by atoms with Gasteiger partial charge in [-0.15, -0.1) is 0 Å². The van der Waals surface area contributed by atoms with Gasteiger partial charge in [-0.25, -0.2) is 8.78 Å². The molecule has 0 aliphatic rings. The van der Waals surface area contributed by atoms with E-state index in [1.54, 1.807) is 12.1 Å². The van der Waals surface area contributed by atoms with E-state index in [0.717, 1.165) is 18.2 Å². The Hall–Kier alpha value is -2.81. The second kappa shape index (κ2) is 5.89.